The molecule has 0 spiro atoms. The standard InChI is InChI=1S/C13H24BFN2O2/c1-12(2)13(3,4)19-14(18-12)11(9-16-5)10-17-8-6-7-15/h10,17H,5-9H2,1-4H3/b11-10+. The molecule has 0 aromatic carbocycles. The smallest absolute Gasteiger partial charge is 0.399 e. The molecular weight excluding hydrogens is 246 g/mol. The molecule has 0 aromatic heterocycles. The number of hydrogen-bond donors (Lipinski definition) is 1. The van der Waals surface area contributed by atoms with Gasteiger partial charge >= 0.3 is 7.12 Å². The second-order valence-corrected chi connectivity index (χ2v) is 5.69. The lowest BCUT2D eigenvalue weighted by Gasteiger charge is -2.32. The number of alkyl halides is 1. The summed E-state index contributed by atoms with van der Waals surface area (Å²) in [5, 5.41) is 3.05. The van der Waals surface area contributed by atoms with E-state index in [4.69, 9.17) is 9.31 Å². The molecule has 1 rings (SSSR count). The molecule has 0 radical (unpaired) electrons. The van der Waals surface area contributed by atoms with E-state index in [1.807, 2.05) is 27.7 Å². The molecular formula is C13H24BFN2O2. The fourth-order valence-electron chi connectivity index (χ4n) is 1.68. The Morgan fingerprint density at radius 1 is 1.32 bits per heavy atom. The monoisotopic (exact) mass is 270 g/mol. The molecule has 1 aliphatic heterocycles. The molecule has 0 amide bonds. The zero-order valence-corrected chi connectivity index (χ0v) is 12.3. The molecule has 0 saturated carbocycles. The van der Waals surface area contributed by atoms with E-state index in [9.17, 15) is 4.39 Å². The first-order valence-corrected chi connectivity index (χ1v) is 6.60. The quantitative estimate of drug-likeness (QED) is 0.438. The topological polar surface area (TPSA) is 42.9 Å². The molecule has 108 valence electrons. The number of nitrogens with one attached hydrogen (secondary N) is 1. The van der Waals surface area contributed by atoms with Gasteiger partial charge in [0.1, 0.15) is 0 Å². The summed E-state index contributed by atoms with van der Waals surface area (Å²) in [6.07, 6.45) is 2.28. The Kier molecular flexibility index (Phi) is 5.56. The molecule has 1 aliphatic rings. The van der Waals surface area contributed by atoms with Crippen LogP contribution in [0.4, 0.5) is 4.39 Å². The summed E-state index contributed by atoms with van der Waals surface area (Å²) >= 11 is 0. The van der Waals surface area contributed by atoms with Gasteiger partial charge in [0.05, 0.1) is 24.4 Å². The minimum atomic E-state index is -0.437. The lowest BCUT2D eigenvalue weighted by Crippen LogP contribution is -2.41. The van der Waals surface area contributed by atoms with Gasteiger partial charge in [0.25, 0.3) is 0 Å². The lowest BCUT2D eigenvalue weighted by atomic mass is 9.78. The van der Waals surface area contributed by atoms with Crippen molar-refractivity contribution in [3.05, 3.63) is 11.7 Å². The third-order valence-electron chi connectivity index (χ3n) is 3.59. The van der Waals surface area contributed by atoms with Crippen LogP contribution in [-0.2, 0) is 9.31 Å². The Morgan fingerprint density at radius 3 is 2.37 bits per heavy atom. The minimum absolute atomic E-state index is 0.327. The Bertz CT molecular complexity index is 330. The molecule has 1 saturated heterocycles. The lowest BCUT2D eigenvalue weighted by molar-refractivity contribution is 0.00578. The summed E-state index contributed by atoms with van der Waals surface area (Å²) in [6, 6.07) is 0. The highest BCUT2D eigenvalue weighted by Crippen LogP contribution is 2.38. The van der Waals surface area contributed by atoms with Crippen molar-refractivity contribution in [3.8, 4) is 0 Å². The highest BCUT2D eigenvalue weighted by molar-refractivity contribution is 6.54. The minimum Gasteiger partial charge on any atom is -0.399 e. The van der Waals surface area contributed by atoms with Crippen molar-refractivity contribution >= 4 is 13.8 Å². The summed E-state index contributed by atoms with van der Waals surface area (Å²) in [4.78, 5) is 3.88. The van der Waals surface area contributed by atoms with E-state index in [1.165, 1.54) is 0 Å². The zero-order valence-electron chi connectivity index (χ0n) is 12.3. The Labute approximate surface area is 115 Å². The summed E-state index contributed by atoms with van der Waals surface area (Å²) in [5.74, 6) is 0. The average molecular weight is 270 g/mol. The van der Waals surface area contributed by atoms with E-state index in [-0.39, 0.29) is 17.9 Å². The fraction of sp³-hybridized carbons (Fsp3) is 0.769. The number of rotatable bonds is 7. The highest BCUT2D eigenvalue weighted by atomic mass is 19.1. The Morgan fingerprint density at radius 2 is 1.89 bits per heavy atom. The van der Waals surface area contributed by atoms with Gasteiger partial charge in [-0.2, -0.15) is 0 Å². The van der Waals surface area contributed by atoms with Crippen LogP contribution in [0.5, 0.6) is 0 Å². The van der Waals surface area contributed by atoms with Crippen LogP contribution in [0.3, 0.4) is 0 Å². The molecule has 1 fully saturated rings. The average Bonchev–Trinajstić information content (AvgIpc) is 2.52. The number of hydrogen-bond acceptors (Lipinski definition) is 4. The van der Waals surface area contributed by atoms with Crippen LogP contribution >= 0.6 is 0 Å². The number of aliphatic imine (C=N–C) groups is 1. The molecule has 0 bridgehead atoms. The molecule has 0 aromatic rings. The first-order valence-electron chi connectivity index (χ1n) is 6.60. The predicted molar refractivity (Wildman–Crippen MR) is 77.2 cm³/mol. The Balaban J connectivity index is 2.70. The van der Waals surface area contributed by atoms with Gasteiger partial charge in [-0.1, -0.05) is 0 Å². The van der Waals surface area contributed by atoms with E-state index in [0.29, 0.717) is 19.5 Å². The SMILES string of the molecule is C=NC/C(=C\NCCCF)B1OC(C)(C)C(C)(C)O1. The van der Waals surface area contributed by atoms with E-state index in [2.05, 4.69) is 17.0 Å². The highest BCUT2D eigenvalue weighted by Gasteiger charge is 2.52. The maximum Gasteiger partial charge on any atom is 0.493 e. The third-order valence-corrected chi connectivity index (χ3v) is 3.59. The van der Waals surface area contributed by atoms with Gasteiger partial charge < -0.3 is 14.6 Å². The summed E-state index contributed by atoms with van der Waals surface area (Å²) in [7, 11) is -0.437. The van der Waals surface area contributed by atoms with E-state index in [1.54, 1.807) is 6.20 Å². The summed E-state index contributed by atoms with van der Waals surface area (Å²) in [5.41, 5.74) is 0.112. The maximum atomic E-state index is 12.0. The second kappa shape index (κ2) is 6.52. The van der Waals surface area contributed by atoms with Gasteiger partial charge in [0.15, 0.2) is 0 Å². The van der Waals surface area contributed by atoms with Gasteiger partial charge in [0.2, 0.25) is 0 Å². The maximum absolute atomic E-state index is 12.0. The van der Waals surface area contributed by atoms with Gasteiger partial charge in [-0.25, -0.2) is 0 Å². The fourth-order valence-corrected chi connectivity index (χ4v) is 1.68. The molecule has 4 nitrogen and oxygen atoms in total. The van der Waals surface area contributed by atoms with Crippen LogP contribution in [0.15, 0.2) is 16.7 Å². The van der Waals surface area contributed by atoms with Crippen molar-refractivity contribution in [2.75, 3.05) is 19.8 Å². The van der Waals surface area contributed by atoms with Gasteiger partial charge in [-0.3, -0.25) is 9.38 Å². The second-order valence-electron chi connectivity index (χ2n) is 5.69. The van der Waals surface area contributed by atoms with Crippen molar-refractivity contribution in [2.24, 2.45) is 4.99 Å². The summed E-state index contributed by atoms with van der Waals surface area (Å²) < 4.78 is 23.9. The largest absolute Gasteiger partial charge is 0.493 e. The molecule has 0 aliphatic carbocycles. The van der Waals surface area contributed by atoms with Crippen molar-refractivity contribution < 1.29 is 13.7 Å². The van der Waals surface area contributed by atoms with Gasteiger partial charge in [0, 0.05) is 6.54 Å². The number of halogens is 1. The van der Waals surface area contributed by atoms with Crippen LogP contribution in [0.1, 0.15) is 34.1 Å². The molecule has 1 heterocycles. The molecule has 6 heteroatoms. The van der Waals surface area contributed by atoms with Crippen molar-refractivity contribution in [2.45, 2.75) is 45.3 Å². The molecule has 0 atom stereocenters. The van der Waals surface area contributed by atoms with E-state index >= 15 is 0 Å². The normalized spacial score (nSPS) is 21.5. The Hall–Kier alpha value is -0.875. The first-order chi connectivity index (χ1) is 8.84. The third kappa shape index (κ3) is 4.04. The van der Waals surface area contributed by atoms with Crippen LogP contribution in [0, 0.1) is 0 Å². The van der Waals surface area contributed by atoms with Crippen molar-refractivity contribution in [3.63, 3.8) is 0 Å². The van der Waals surface area contributed by atoms with Crippen molar-refractivity contribution in [1.29, 1.82) is 0 Å². The van der Waals surface area contributed by atoms with Crippen LogP contribution in [0.2, 0.25) is 0 Å². The van der Waals surface area contributed by atoms with Crippen molar-refractivity contribution in [1.82, 2.24) is 5.32 Å². The molecule has 19 heavy (non-hydrogen) atoms. The molecule has 1 N–H and O–H groups in total. The van der Waals surface area contributed by atoms with Gasteiger partial charge in [-0.05, 0) is 52.5 Å². The number of nitrogens with zero attached hydrogens (tertiary/aromatic N) is 1. The van der Waals surface area contributed by atoms with E-state index < -0.39 is 7.12 Å². The summed E-state index contributed by atoms with van der Waals surface area (Å²) in [6.45, 7) is 12.2. The first kappa shape index (κ1) is 16.2. The zero-order chi connectivity index (χ0) is 14.5. The van der Waals surface area contributed by atoms with E-state index in [0.717, 1.165) is 5.47 Å². The molecule has 0 unspecified atom stereocenters. The van der Waals surface area contributed by atoms with Gasteiger partial charge in [-0.15, -0.1) is 0 Å². The van der Waals surface area contributed by atoms with Crippen LogP contribution in [-0.4, -0.2) is 44.8 Å². The van der Waals surface area contributed by atoms with Crippen LogP contribution in [0.25, 0.3) is 0 Å². The predicted octanol–water partition coefficient (Wildman–Crippen LogP) is 2.15. The van der Waals surface area contributed by atoms with Crippen LogP contribution < -0.4 is 5.32 Å².